The maximum absolute atomic E-state index is 13.9. The monoisotopic (exact) mass is 387 g/mol. The van der Waals surface area contributed by atoms with Gasteiger partial charge >= 0.3 is 0 Å². The Balaban J connectivity index is 1.69. The van der Waals surface area contributed by atoms with Crippen molar-refractivity contribution in [3.05, 3.63) is 94.6 Å². The number of anilines is 1. The van der Waals surface area contributed by atoms with E-state index in [0.29, 0.717) is 17.7 Å². The van der Waals surface area contributed by atoms with Gasteiger partial charge in [0.2, 0.25) is 0 Å². The van der Waals surface area contributed by atoms with Gasteiger partial charge in [-0.25, -0.2) is 9.37 Å². The first-order chi connectivity index (χ1) is 14.0. The lowest BCUT2D eigenvalue weighted by molar-refractivity contribution is 0.103. The third kappa shape index (κ3) is 3.40. The number of aryl methyl sites for hydroxylation is 2. The van der Waals surface area contributed by atoms with Crippen LogP contribution >= 0.6 is 0 Å². The van der Waals surface area contributed by atoms with Crippen LogP contribution in [0.25, 0.3) is 10.9 Å². The van der Waals surface area contributed by atoms with E-state index >= 15 is 0 Å². The van der Waals surface area contributed by atoms with Crippen LogP contribution in [0.3, 0.4) is 0 Å². The Morgan fingerprint density at radius 3 is 2.62 bits per heavy atom. The van der Waals surface area contributed by atoms with Crippen LogP contribution in [0.4, 0.5) is 10.2 Å². The van der Waals surface area contributed by atoms with Crippen molar-refractivity contribution in [2.75, 3.05) is 5.32 Å². The van der Waals surface area contributed by atoms with Crippen molar-refractivity contribution in [2.24, 2.45) is 7.05 Å². The van der Waals surface area contributed by atoms with Crippen molar-refractivity contribution in [1.82, 2.24) is 9.55 Å². The number of fused-ring (bicyclic) bond motifs is 1. The minimum Gasteiger partial charge on any atom is -0.365 e. The zero-order valence-corrected chi connectivity index (χ0v) is 16.7. The molecule has 5 heteroatoms. The summed E-state index contributed by atoms with van der Waals surface area (Å²) in [6.07, 6.45) is 1.77. The van der Waals surface area contributed by atoms with Gasteiger partial charge in [-0.3, -0.25) is 4.79 Å². The van der Waals surface area contributed by atoms with E-state index in [2.05, 4.69) is 28.7 Å². The maximum atomic E-state index is 13.9. The molecule has 2 aromatic carbocycles. The van der Waals surface area contributed by atoms with Crippen molar-refractivity contribution < 1.29 is 9.18 Å². The number of halogens is 1. The van der Waals surface area contributed by atoms with Crippen molar-refractivity contribution in [3.8, 4) is 0 Å². The highest BCUT2D eigenvalue weighted by atomic mass is 19.1. The predicted molar refractivity (Wildman–Crippen MR) is 114 cm³/mol. The molecule has 0 saturated carbocycles. The molecule has 0 atom stereocenters. The lowest BCUT2D eigenvalue weighted by atomic mass is 9.98. The molecular weight excluding hydrogens is 365 g/mol. The summed E-state index contributed by atoms with van der Waals surface area (Å²) in [5.74, 6) is 0.133. The van der Waals surface area contributed by atoms with E-state index in [0.717, 1.165) is 27.8 Å². The average molecular weight is 387 g/mol. The first-order valence-electron chi connectivity index (χ1n) is 9.50. The van der Waals surface area contributed by atoms with Crippen molar-refractivity contribution in [2.45, 2.75) is 20.4 Å². The topological polar surface area (TPSA) is 46.9 Å². The summed E-state index contributed by atoms with van der Waals surface area (Å²) in [5.41, 5.74) is 5.06. The van der Waals surface area contributed by atoms with E-state index in [-0.39, 0.29) is 5.78 Å². The number of pyridine rings is 1. The Kier molecular flexibility index (Phi) is 4.89. The molecule has 0 bridgehead atoms. The second-order valence-electron chi connectivity index (χ2n) is 7.17. The van der Waals surface area contributed by atoms with Gasteiger partial charge in [-0.15, -0.1) is 0 Å². The Morgan fingerprint density at radius 2 is 1.86 bits per heavy atom. The largest absolute Gasteiger partial charge is 0.365 e. The van der Waals surface area contributed by atoms with Gasteiger partial charge in [-0.05, 0) is 43.2 Å². The zero-order chi connectivity index (χ0) is 20.5. The van der Waals surface area contributed by atoms with Gasteiger partial charge in [0.25, 0.3) is 0 Å². The quantitative estimate of drug-likeness (QED) is 0.481. The average Bonchev–Trinajstić information content (AvgIpc) is 2.97. The molecule has 2 heterocycles. The summed E-state index contributed by atoms with van der Waals surface area (Å²) in [4.78, 5) is 17.4. The number of nitrogens with zero attached hydrogens (tertiary/aromatic N) is 2. The van der Waals surface area contributed by atoms with Crippen LogP contribution in [0, 0.1) is 19.7 Å². The van der Waals surface area contributed by atoms with Crippen molar-refractivity contribution >= 4 is 22.5 Å². The lowest BCUT2D eigenvalue weighted by Crippen LogP contribution is -2.10. The van der Waals surface area contributed by atoms with Crippen LogP contribution < -0.4 is 5.32 Å². The van der Waals surface area contributed by atoms with Gasteiger partial charge in [0.1, 0.15) is 11.6 Å². The lowest BCUT2D eigenvalue weighted by Gasteiger charge is -2.12. The smallest absolute Gasteiger partial charge is 0.193 e. The van der Waals surface area contributed by atoms with Gasteiger partial charge in [-0.1, -0.05) is 36.4 Å². The third-order valence-corrected chi connectivity index (χ3v) is 5.51. The second-order valence-corrected chi connectivity index (χ2v) is 7.17. The summed E-state index contributed by atoms with van der Waals surface area (Å²) in [5, 5.41) is 4.41. The van der Waals surface area contributed by atoms with Gasteiger partial charge in [-0.2, -0.15) is 0 Å². The summed E-state index contributed by atoms with van der Waals surface area (Å²) in [6.45, 7) is 4.52. The molecule has 2 aromatic heterocycles. The second kappa shape index (κ2) is 7.51. The molecule has 29 heavy (non-hydrogen) atoms. The van der Waals surface area contributed by atoms with Crippen LogP contribution in [0.5, 0.6) is 0 Å². The van der Waals surface area contributed by atoms with Crippen molar-refractivity contribution in [1.29, 1.82) is 0 Å². The molecule has 0 amide bonds. The molecule has 0 aliphatic heterocycles. The molecule has 146 valence electrons. The van der Waals surface area contributed by atoms with Gasteiger partial charge < -0.3 is 9.88 Å². The Hall–Kier alpha value is -3.47. The Bertz CT molecular complexity index is 1210. The number of hydrogen-bond donors (Lipinski definition) is 1. The summed E-state index contributed by atoms with van der Waals surface area (Å²) in [7, 11) is 2.03. The summed E-state index contributed by atoms with van der Waals surface area (Å²) < 4.78 is 16.0. The van der Waals surface area contributed by atoms with Gasteiger partial charge in [0.15, 0.2) is 5.78 Å². The normalized spacial score (nSPS) is 11.0. The fraction of sp³-hybridized carbons (Fsp3) is 0.167. The molecule has 1 N–H and O–H groups in total. The summed E-state index contributed by atoms with van der Waals surface area (Å²) >= 11 is 0. The molecule has 0 spiro atoms. The van der Waals surface area contributed by atoms with Crippen molar-refractivity contribution in [3.63, 3.8) is 0 Å². The van der Waals surface area contributed by atoms with Gasteiger partial charge in [0, 0.05) is 42.0 Å². The minimum atomic E-state index is -0.428. The maximum Gasteiger partial charge on any atom is 0.193 e. The number of carbonyl (C=O) groups is 1. The van der Waals surface area contributed by atoms with E-state index in [4.69, 9.17) is 0 Å². The molecule has 0 radical (unpaired) electrons. The number of ketones is 1. The molecule has 4 nitrogen and oxygen atoms in total. The summed E-state index contributed by atoms with van der Waals surface area (Å²) in [6, 6.07) is 15.3. The molecule has 0 fully saturated rings. The number of carbonyl (C=O) groups excluding carboxylic acids is 1. The van der Waals surface area contributed by atoms with E-state index < -0.39 is 5.82 Å². The SMILES string of the molecule is Cc1c(C)n(C)c2ccnc(NCc3ccc(F)cc3C(=O)c3ccccc3)c12. The van der Waals surface area contributed by atoms with Crippen LogP contribution in [0.2, 0.25) is 0 Å². The predicted octanol–water partition coefficient (Wildman–Crippen LogP) is 5.17. The highest BCUT2D eigenvalue weighted by Crippen LogP contribution is 2.29. The molecule has 0 unspecified atom stereocenters. The number of benzene rings is 2. The highest BCUT2D eigenvalue weighted by molar-refractivity contribution is 6.10. The fourth-order valence-electron chi connectivity index (χ4n) is 3.69. The van der Waals surface area contributed by atoms with Crippen LogP contribution in [0.1, 0.15) is 32.7 Å². The minimum absolute atomic E-state index is 0.195. The number of rotatable bonds is 5. The number of nitrogens with one attached hydrogen (secondary N) is 1. The Morgan fingerprint density at radius 1 is 1.10 bits per heavy atom. The highest BCUT2D eigenvalue weighted by Gasteiger charge is 2.16. The van der Waals surface area contributed by atoms with E-state index in [1.165, 1.54) is 17.8 Å². The molecular formula is C24H22FN3O. The van der Waals surface area contributed by atoms with E-state index in [9.17, 15) is 9.18 Å². The number of hydrogen-bond acceptors (Lipinski definition) is 3. The first-order valence-corrected chi connectivity index (χ1v) is 9.50. The number of aromatic nitrogens is 2. The molecule has 4 aromatic rings. The Labute approximate surface area is 169 Å². The van der Waals surface area contributed by atoms with Crippen LogP contribution in [-0.2, 0) is 13.6 Å². The van der Waals surface area contributed by atoms with E-state index in [1.807, 2.05) is 19.2 Å². The van der Waals surface area contributed by atoms with Gasteiger partial charge in [0.05, 0.1) is 5.52 Å². The molecule has 0 saturated heterocycles. The van der Waals surface area contributed by atoms with Crippen LogP contribution in [0.15, 0.2) is 60.8 Å². The zero-order valence-electron chi connectivity index (χ0n) is 16.7. The third-order valence-electron chi connectivity index (χ3n) is 5.51. The molecule has 0 aliphatic rings. The molecule has 4 rings (SSSR count). The van der Waals surface area contributed by atoms with E-state index in [1.54, 1.807) is 36.5 Å². The standard InChI is InChI=1S/C24H22FN3O/c1-15-16(2)28(3)21-11-12-26-24(22(15)21)27-14-18-9-10-19(25)13-20(18)23(29)17-7-5-4-6-8-17/h4-13H,14H2,1-3H3,(H,26,27). The van der Waals surface area contributed by atoms with Crippen LogP contribution in [-0.4, -0.2) is 15.3 Å². The fourth-order valence-corrected chi connectivity index (χ4v) is 3.69. The molecule has 0 aliphatic carbocycles. The first kappa shape index (κ1) is 18.9.